The van der Waals surface area contributed by atoms with Crippen molar-refractivity contribution in [3.8, 4) is 0 Å². The van der Waals surface area contributed by atoms with Crippen molar-refractivity contribution in [2.24, 2.45) is 0 Å². The van der Waals surface area contributed by atoms with Crippen molar-refractivity contribution in [3.63, 3.8) is 0 Å². The number of carbonyl (C=O) groups excluding carboxylic acids is 1. The Morgan fingerprint density at radius 2 is 2.21 bits per heavy atom. The number of amides is 1. The van der Waals surface area contributed by atoms with Crippen molar-refractivity contribution < 1.29 is 4.79 Å². The first kappa shape index (κ1) is 14.3. The largest absolute Gasteiger partial charge is 0.336 e. The van der Waals surface area contributed by atoms with Gasteiger partial charge < -0.3 is 4.90 Å². The average molecular weight is 282 g/mol. The molecule has 1 amide bonds. The number of halogens is 1. The quantitative estimate of drug-likeness (QED) is 0.780. The summed E-state index contributed by atoms with van der Waals surface area (Å²) in [7, 11) is 2.11. The zero-order valence-electron chi connectivity index (χ0n) is 11.7. The van der Waals surface area contributed by atoms with E-state index in [9.17, 15) is 4.79 Å². The summed E-state index contributed by atoms with van der Waals surface area (Å²) in [5.41, 5.74) is 1.41. The Balaban J connectivity index is 2.15. The van der Waals surface area contributed by atoms with E-state index in [4.69, 9.17) is 11.6 Å². The molecule has 1 atom stereocenters. The van der Waals surface area contributed by atoms with Gasteiger partial charge in [-0.25, -0.2) is 4.98 Å². The Morgan fingerprint density at radius 1 is 1.47 bits per heavy atom. The lowest BCUT2D eigenvalue weighted by Gasteiger charge is -2.39. The lowest BCUT2D eigenvalue weighted by molar-refractivity contribution is 0.0541. The highest BCUT2D eigenvalue weighted by molar-refractivity contribution is 6.29. The van der Waals surface area contributed by atoms with Crippen molar-refractivity contribution in [1.29, 1.82) is 0 Å². The third kappa shape index (κ3) is 3.25. The summed E-state index contributed by atoms with van der Waals surface area (Å²) >= 11 is 5.92. The van der Waals surface area contributed by atoms with Gasteiger partial charge in [0.05, 0.1) is 0 Å². The first-order chi connectivity index (χ1) is 9.01. The van der Waals surface area contributed by atoms with Gasteiger partial charge in [0, 0.05) is 36.9 Å². The number of likely N-dealkylation sites (N-methyl/N-ethyl adjacent to an activating group) is 1. The molecule has 0 spiro atoms. The van der Waals surface area contributed by atoms with E-state index in [1.54, 1.807) is 12.1 Å². The van der Waals surface area contributed by atoms with Gasteiger partial charge in [0.15, 0.2) is 0 Å². The highest BCUT2D eigenvalue weighted by atomic mass is 35.5. The van der Waals surface area contributed by atoms with Crippen LogP contribution in [0.2, 0.25) is 5.15 Å². The molecule has 4 nitrogen and oxygen atoms in total. The van der Waals surface area contributed by atoms with E-state index in [0.29, 0.717) is 16.8 Å². The van der Waals surface area contributed by atoms with Crippen LogP contribution in [-0.2, 0) is 0 Å². The first-order valence-corrected chi connectivity index (χ1v) is 7.02. The minimum Gasteiger partial charge on any atom is -0.336 e. The van der Waals surface area contributed by atoms with Gasteiger partial charge >= 0.3 is 0 Å². The van der Waals surface area contributed by atoms with Crippen LogP contribution < -0.4 is 0 Å². The highest BCUT2D eigenvalue weighted by Gasteiger charge is 2.26. The molecule has 0 radical (unpaired) electrons. The Kier molecular flexibility index (Phi) is 4.42. The number of aromatic nitrogens is 1. The Morgan fingerprint density at radius 3 is 2.84 bits per heavy atom. The summed E-state index contributed by atoms with van der Waals surface area (Å²) in [6.45, 7) is 6.47. The molecule has 1 aromatic rings. The molecule has 0 saturated carbocycles. The fourth-order valence-electron chi connectivity index (χ4n) is 2.51. The van der Waals surface area contributed by atoms with Gasteiger partial charge in [0.1, 0.15) is 5.15 Å². The maximum atomic E-state index is 12.5. The maximum absolute atomic E-state index is 12.5. The standard InChI is InChI=1S/C14H20ClN3O/c1-4-12-9-18(6-5-17(12)3)14(19)11-7-10(2)16-13(15)8-11/h7-8,12H,4-6,9H2,1-3H3. The number of nitrogens with zero attached hydrogens (tertiary/aromatic N) is 3. The molecule has 19 heavy (non-hydrogen) atoms. The van der Waals surface area contributed by atoms with Crippen LogP contribution >= 0.6 is 11.6 Å². The van der Waals surface area contributed by atoms with Gasteiger partial charge in [0.25, 0.3) is 5.91 Å². The zero-order chi connectivity index (χ0) is 14.0. The van der Waals surface area contributed by atoms with Crippen LogP contribution in [0.5, 0.6) is 0 Å². The van der Waals surface area contributed by atoms with E-state index < -0.39 is 0 Å². The van der Waals surface area contributed by atoms with Gasteiger partial charge in [-0.3, -0.25) is 9.69 Å². The second-order valence-corrected chi connectivity index (χ2v) is 5.50. The molecule has 0 aromatic carbocycles. The Labute approximate surface area is 119 Å². The first-order valence-electron chi connectivity index (χ1n) is 6.65. The van der Waals surface area contributed by atoms with E-state index in [0.717, 1.165) is 31.7 Å². The van der Waals surface area contributed by atoms with Crippen molar-refractivity contribution in [2.75, 3.05) is 26.7 Å². The molecule has 2 heterocycles. The number of pyridine rings is 1. The van der Waals surface area contributed by atoms with Crippen LogP contribution in [0.15, 0.2) is 12.1 Å². The number of hydrogen-bond acceptors (Lipinski definition) is 3. The summed E-state index contributed by atoms with van der Waals surface area (Å²) in [5, 5.41) is 0.379. The molecule has 1 aliphatic rings. The van der Waals surface area contributed by atoms with Crippen molar-refractivity contribution in [1.82, 2.24) is 14.8 Å². The second kappa shape index (κ2) is 5.88. The highest BCUT2D eigenvalue weighted by Crippen LogP contribution is 2.16. The van der Waals surface area contributed by atoms with Crippen molar-refractivity contribution in [2.45, 2.75) is 26.3 Å². The summed E-state index contributed by atoms with van der Waals surface area (Å²) < 4.78 is 0. The predicted octanol–water partition coefficient (Wildman–Crippen LogP) is 2.21. The van der Waals surface area contributed by atoms with E-state index in [-0.39, 0.29) is 5.91 Å². The van der Waals surface area contributed by atoms with Crippen LogP contribution in [0.3, 0.4) is 0 Å². The molecule has 1 aliphatic heterocycles. The van der Waals surface area contributed by atoms with Crippen molar-refractivity contribution in [3.05, 3.63) is 28.5 Å². The summed E-state index contributed by atoms with van der Waals surface area (Å²) in [6, 6.07) is 3.89. The van der Waals surface area contributed by atoms with Crippen LogP contribution in [0.4, 0.5) is 0 Å². The minimum atomic E-state index is 0.0546. The van der Waals surface area contributed by atoms with E-state index in [1.165, 1.54) is 0 Å². The third-order valence-electron chi connectivity index (χ3n) is 3.70. The SMILES string of the molecule is CCC1CN(C(=O)c2cc(C)nc(Cl)c2)CCN1C. The zero-order valence-corrected chi connectivity index (χ0v) is 12.4. The van der Waals surface area contributed by atoms with Gasteiger partial charge in [0.2, 0.25) is 0 Å². The van der Waals surface area contributed by atoms with Crippen molar-refractivity contribution >= 4 is 17.5 Å². The van der Waals surface area contributed by atoms with Gasteiger partial charge in [-0.15, -0.1) is 0 Å². The van der Waals surface area contributed by atoms with Crippen LogP contribution in [0, 0.1) is 6.92 Å². The molecule has 0 aliphatic carbocycles. The van der Waals surface area contributed by atoms with Crippen LogP contribution in [0.1, 0.15) is 29.4 Å². The Bertz CT molecular complexity index is 458. The minimum absolute atomic E-state index is 0.0546. The van der Waals surface area contributed by atoms with Gasteiger partial charge in [-0.1, -0.05) is 18.5 Å². The monoisotopic (exact) mass is 281 g/mol. The fourth-order valence-corrected chi connectivity index (χ4v) is 2.76. The lowest BCUT2D eigenvalue weighted by atomic mass is 10.1. The number of aryl methyl sites for hydroxylation is 1. The van der Waals surface area contributed by atoms with E-state index in [1.807, 2.05) is 11.8 Å². The molecular weight excluding hydrogens is 262 g/mol. The molecule has 1 aromatic heterocycles. The van der Waals surface area contributed by atoms with Gasteiger partial charge in [-0.05, 0) is 32.5 Å². The van der Waals surface area contributed by atoms with E-state index >= 15 is 0 Å². The molecule has 5 heteroatoms. The summed E-state index contributed by atoms with van der Waals surface area (Å²) in [4.78, 5) is 20.8. The second-order valence-electron chi connectivity index (χ2n) is 5.11. The smallest absolute Gasteiger partial charge is 0.254 e. The normalized spacial score (nSPS) is 20.6. The molecule has 1 fully saturated rings. The Hall–Kier alpha value is -1.13. The topological polar surface area (TPSA) is 36.4 Å². The maximum Gasteiger partial charge on any atom is 0.254 e. The number of carbonyl (C=O) groups is 1. The number of hydrogen-bond donors (Lipinski definition) is 0. The number of piperazine rings is 1. The summed E-state index contributed by atoms with van der Waals surface area (Å²) in [6.07, 6.45) is 1.05. The fraction of sp³-hybridized carbons (Fsp3) is 0.571. The summed E-state index contributed by atoms with van der Waals surface area (Å²) in [5.74, 6) is 0.0546. The molecular formula is C14H20ClN3O. The molecule has 0 bridgehead atoms. The molecule has 1 saturated heterocycles. The van der Waals surface area contributed by atoms with Crippen LogP contribution in [-0.4, -0.2) is 53.4 Å². The molecule has 2 rings (SSSR count). The molecule has 1 unspecified atom stereocenters. The van der Waals surface area contributed by atoms with Crippen LogP contribution in [0.25, 0.3) is 0 Å². The molecule has 104 valence electrons. The lowest BCUT2D eigenvalue weighted by Crippen LogP contribution is -2.53. The van der Waals surface area contributed by atoms with Gasteiger partial charge in [-0.2, -0.15) is 0 Å². The molecule has 0 N–H and O–H groups in total. The third-order valence-corrected chi connectivity index (χ3v) is 3.90. The average Bonchev–Trinajstić information content (AvgIpc) is 2.37. The van der Waals surface area contributed by atoms with E-state index in [2.05, 4.69) is 23.9 Å². The predicted molar refractivity (Wildman–Crippen MR) is 76.6 cm³/mol. The number of rotatable bonds is 2.